The van der Waals surface area contributed by atoms with Crippen LogP contribution in [0.2, 0.25) is 0 Å². The molecule has 0 aromatic heterocycles. The predicted molar refractivity (Wildman–Crippen MR) is 108 cm³/mol. The minimum atomic E-state index is -0.397. The van der Waals surface area contributed by atoms with Gasteiger partial charge >= 0.3 is 0 Å². The van der Waals surface area contributed by atoms with E-state index in [1.807, 2.05) is 48.3 Å². The van der Waals surface area contributed by atoms with Crippen LogP contribution in [0.25, 0.3) is 0 Å². The monoisotopic (exact) mass is 348 g/mol. The third-order valence-electron chi connectivity index (χ3n) is 4.63. The van der Waals surface area contributed by atoms with E-state index in [1.165, 1.54) is 11.1 Å². The quantitative estimate of drug-likeness (QED) is 0.477. The summed E-state index contributed by atoms with van der Waals surface area (Å²) in [5, 5.41) is 3.17. The van der Waals surface area contributed by atoms with Crippen molar-refractivity contribution in [2.45, 2.75) is 19.3 Å². The van der Waals surface area contributed by atoms with Gasteiger partial charge in [0.05, 0.1) is 0 Å². The molecule has 0 saturated heterocycles. The van der Waals surface area contributed by atoms with Crippen LogP contribution in [0.15, 0.2) is 70.3 Å². The van der Waals surface area contributed by atoms with Crippen LogP contribution in [-0.2, 0) is 12.8 Å². The second kappa shape index (κ2) is 8.48. The van der Waals surface area contributed by atoms with Gasteiger partial charge in [0.2, 0.25) is 0 Å². The van der Waals surface area contributed by atoms with Gasteiger partial charge in [-0.05, 0) is 30.4 Å². The first-order chi connectivity index (χ1) is 12.7. The van der Waals surface area contributed by atoms with Gasteiger partial charge in [-0.3, -0.25) is 9.59 Å². The maximum absolute atomic E-state index is 12.0. The molecule has 0 heterocycles. The maximum Gasteiger partial charge on any atom is 0.253 e. The van der Waals surface area contributed by atoms with Gasteiger partial charge in [-0.1, -0.05) is 60.7 Å². The molecule has 3 aromatic rings. The highest BCUT2D eigenvalue weighted by Gasteiger charge is 2.23. The van der Waals surface area contributed by atoms with Crippen molar-refractivity contribution in [1.29, 1.82) is 0 Å². The molecule has 4 heteroatoms. The molecule has 134 valence electrons. The Labute approximate surface area is 153 Å². The molecule has 0 atom stereocenters. The molecule has 4 nitrogen and oxygen atoms in total. The molecule has 0 bridgehead atoms. The number of likely N-dealkylation sites (N-methyl/N-ethyl adjacent to an activating group) is 1. The molecule has 1 N–H and O–H groups in total. The molecule has 0 spiro atoms. The van der Waals surface area contributed by atoms with Crippen molar-refractivity contribution in [3.63, 3.8) is 0 Å². The Bertz CT molecular complexity index is 897. The van der Waals surface area contributed by atoms with Crippen molar-refractivity contribution in [3.8, 4) is 0 Å². The fourth-order valence-electron chi connectivity index (χ4n) is 3.11. The normalized spacial score (nSPS) is 10.8. The zero-order valence-corrected chi connectivity index (χ0v) is 15.1. The lowest BCUT2D eigenvalue weighted by atomic mass is 10.1. The molecule has 3 aromatic carbocycles. The van der Waals surface area contributed by atoms with E-state index in [0.29, 0.717) is 24.5 Å². The van der Waals surface area contributed by atoms with Crippen LogP contribution in [0.4, 0.5) is 11.4 Å². The summed E-state index contributed by atoms with van der Waals surface area (Å²) in [6.07, 6.45) is 2.70. The van der Waals surface area contributed by atoms with Gasteiger partial charge in [0.15, 0.2) is 0 Å². The summed E-state index contributed by atoms with van der Waals surface area (Å²) < 4.78 is 0. The van der Waals surface area contributed by atoms with Crippen molar-refractivity contribution in [2.75, 3.05) is 30.4 Å². The van der Waals surface area contributed by atoms with E-state index in [9.17, 15) is 9.59 Å². The SMILES string of the molecule is CN(CCc1ccccc1)c1c(NCCCc2ccccc2)c(=O)c1=O. The first kappa shape index (κ1) is 17.9. The average molecular weight is 348 g/mol. The fourth-order valence-corrected chi connectivity index (χ4v) is 3.11. The number of anilines is 2. The number of hydrogen-bond donors (Lipinski definition) is 1. The summed E-state index contributed by atoms with van der Waals surface area (Å²) >= 11 is 0. The minimum Gasteiger partial charge on any atom is -0.380 e. The highest BCUT2D eigenvalue weighted by atomic mass is 16.2. The van der Waals surface area contributed by atoms with Gasteiger partial charge in [-0.15, -0.1) is 0 Å². The summed E-state index contributed by atoms with van der Waals surface area (Å²) in [6.45, 7) is 1.38. The molecule has 0 amide bonds. The number of hydrogen-bond acceptors (Lipinski definition) is 4. The topological polar surface area (TPSA) is 49.4 Å². The smallest absolute Gasteiger partial charge is 0.253 e. The number of benzene rings is 2. The number of nitrogens with one attached hydrogen (secondary N) is 1. The van der Waals surface area contributed by atoms with Crippen LogP contribution in [0.5, 0.6) is 0 Å². The lowest BCUT2D eigenvalue weighted by Gasteiger charge is -2.23. The lowest BCUT2D eigenvalue weighted by molar-refractivity contribution is 0.846. The van der Waals surface area contributed by atoms with Gasteiger partial charge in [0.25, 0.3) is 10.9 Å². The first-order valence-corrected chi connectivity index (χ1v) is 9.03. The maximum atomic E-state index is 12.0. The fraction of sp³-hybridized carbons (Fsp3) is 0.273. The van der Waals surface area contributed by atoms with Crippen LogP contribution >= 0.6 is 0 Å². The van der Waals surface area contributed by atoms with Gasteiger partial charge in [0.1, 0.15) is 11.4 Å². The standard InChI is InChI=1S/C22H24N2O2/c1-24(16-14-18-11-6-3-7-12-18)20-19(21(25)22(20)26)23-15-8-13-17-9-4-2-5-10-17/h2-7,9-12,23H,8,13-16H2,1H3. The number of nitrogens with zero attached hydrogens (tertiary/aromatic N) is 1. The molecule has 0 unspecified atom stereocenters. The molecular weight excluding hydrogens is 324 g/mol. The van der Waals surface area contributed by atoms with E-state index < -0.39 is 5.43 Å². The summed E-state index contributed by atoms with van der Waals surface area (Å²) in [5.41, 5.74) is 2.71. The number of aryl methyl sites for hydroxylation is 1. The Hall–Kier alpha value is -2.88. The average Bonchev–Trinajstić information content (AvgIpc) is 2.69. The van der Waals surface area contributed by atoms with Crippen LogP contribution < -0.4 is 21.1 Å². The Balaban J connectivity index is 1.53. The molecule has 0 fully saturated rings. The molecule has 0 aliphatic carbocycles. The highest BCUT2D eigenvalue weighted by Crippen LogP contribution is 2.19. The van der Waals surface area contributed by atoms with Gasteiger partial charge < -0.3 is 10.2 Å². The molecular formula is C22H24N2O2. The Morgan fingerprint density at radius 2 is 1.38 bits per heavy atom. The first-order valence-electron chi connectivity index (χ1n) is 9.03. The second-order valence-corrected chi connectivity index (χ2v) is 6.55. The van der Waals surface area contributed by atoms with Gasteiger partial charge in [-0.25, -0.2) is 0 Å². The molecule has 0 radical (unpaired) electrons. The molecule has 0 aliphatic heterocycles. The summed E-state index contributed by atoms with van der Waals surface area (Å²) in [5.74, 6) is 0. The van der Waals surface area contributed by atoms with Crippen molar-refractivity contribution in [1.82, 2.24) is 0 Å². The Morgan fingerprint density at radius 3 is 2.00 bits per heavy atom. The zero-order valence-electron chi connectivity index (χ0n) is 15.1. The molecule has 0 aliphatic rings. The highest BCUT2D eigenvalue weighted by molar-refractivity contribution is 5.74. The summed E-state index contributed by atoms with van der Waals surface area (Å²) in [4.78, 5) is 25.8. The van der Waals surface area contributed by atoms with E-state index in [0.717, 1.165) is 19.3 Å². The van der Waals surface area contributed by atoms with Crippen molar-refractivity contribution >= 4 is 11.4 Å². The van der Waals surface area contributed by atoms with Crippen LogP contribution in [0.1, 0.15) is 17.5 Å². The van der Waals surface area contributed by atoms with E-state index in [1.54, 1.807) is 0 Å². The second-order valence-electron chi connectivity index (χ2n) is 6.55. The third kappa shape index (κ3) is 4.20. The van der Waals surface area contributed by atoms with Crippen molar-refractivity contribution < 1.29 is 0 Å². The van der Waals surface area contributed by atoms with Crippen LogP contribution in [0, 0.1) is 0 Å². The van der Waals surface area contributed by atoms with E-state index in [2.05, 4.69) is 29.6 Å². The van der Waals surface area contributed by atoms with Gasteiger partial charge in [-0.2, -0.15) is 0 Å². The van der Waals surface area contributed by atoms with E-state index in [4.69, 9.17) is 0 Å². The molecule has 26 heavy (non-hydrogen) atoms. The van der Waals surface area contributed by atoms with E-state index in [-0.39, 0.29) is 5.43 Å². The summed E-state index contributed by atoms with van der Waals surface area (Å²) in [6, 6.07) is 20.4. The Morgan fingerprint density at radius 1 is 0.808 bits per heavy atom. The molecule has 0 saturated carbocycles. The summed E-state index contributed by atoms with van der Waals surface area (Å²) in [7, 11) is 1.87. The Kier molecular flexibility index (Phi) is 5.84. The largest absolute Gasteiger partial charge is 0.380 e. The third-order valence-corrected chi connectivity index (χ3v) is 4.63. The van der Waals surface area contributed by atoms with Gasteiger partial charge in [0, 0.05) is 20.1 Å². The van der Waals surface area contributed by atoms with Crippen LogP contribution in [-0.4, -0.2) is 20.1 Å². The van der Waals surface area contributed by atoms with Crippen molar-refractivity contribution in [2.24, 2.45) is 0 Å². The van der Waals surface area contributed by atoms with Crippen LogP contribution in [0.3, 0.4) is 0 Å². The number of rotatable bonds is 9. The molecule has 3 rings (SSSR count). The van der Waals surface area contributed by atoms with Crippen molar-refractivity contribution in [3.05, 3.63) is 92.2 Å². The lowest BCUT2D eigenvalue weighted by Crippen LogP contribution is -2.42. The predicted octanol–water partition coefficient (Wildman–Crippen LogP) is 3.01. The zero-order chi connectivity index (χ0) is 18.4. The minimum absolute atomic E-state index is 0.383. The van der Waals surface area contributed by atoms with E-state index >= 15 is 0 Å².